The van der Waals surface area contributed by atoms with Crippen molar-refractivity contribution in [1.29, 1.82) is 0 Å². The zero-order valence-electron chi connectivity index (χ0n) is 19.3. The molecule has 0 fully saturated rings. The minimum absolute atomic E-state index is 0.0207. The summed E-state index contributed by atoms with van der Waals surface area (Å²) in [5.74, 6) is 0.805. The molecule has 2 aromatic rings. The first kappa shape index (κ1) is 25.4. The Balaban J connectivity index is 1.94. The molecule has 3 rings (SSSR count). The number of amides is 1. The third kappa shape index (κ3) is 7.13. The number of benzene rings is 2. The zero-order valence-corrected chi connectivity index (χ0v) is 20.1. The highest BCUT2D eigenvalue weighted by atomic mass is 32.2. The summed E-state index contributed by atoms with van der Waals surface area (Å²) in [5.41, 5.74) is 5.94. The Kier molecular flexibility index (Phi) is 9.17. The molecular formula is C24H28FN3O5S. The van der Waals surface area contributed by atoms with Crippen molar-refractivity contribution in [2.75, 3.05) is 33.1 Å². The number of ether oxygens (including phenoxy) is 4. The van der Waals surface area contributed by atoms with Gasteiger partial charge in [-0.05, 0) is 43.8 Å². The van der Waals surface area contributed by atoms with Crippen LogP contribution in [0.25, 0.3) is 0 Å². The maximum Gasteiger partial charge on any atom is 0.279 e. The van der Waals surface area contributed by atoms with Gasteiger partial charge in [0.05, 0.1) is 18.1 Å². The van der Waals surface area contributed by atoms with Crippen LogP contribution in [0.15, 0.2) is 52.5 Å². The van der Waals surface area contributed by atoms with Crippen LogP contribution in [0, 0.1) is 5.82 Å². The molecule has 0 aliphatic carbocycles. The van der Waals surface area contributed by atoms with Crippen LogP contribution in [-0.4, -0.2) is 51.0 Å². The van der Waals surface area contributed by atoms with Crippen molar-refractivity contribution in [2.45, 2.75) is 24.3 Å². The molecule has 34 heavy (non-hydrogen) atoms. The molecule has 1 atom stereocenters. The van der Waals surface area contributed by atoms with E-state index in [0.29, 0.717) is 24.7 Å². The first-order chi connectivity index (χ1) is 16.4. The summed E-state index contributed by atoms with van der Waals surface area (Å²) in [6, 6.07) is 7.46. The average molecular weight is 490 g/mol. The zero-order chi connectivity index (χ0) is 24.5. The number of carbonyl (C=O) groups is 1. The van der Waals surface area contributed by atoms with Gasteiger partial charge in [0, 0.05) is 37.6 Å². The number of hydrogen-bond donors (Lipinski definition) is 2. The van der Waals surface area contributed by atoms with Crippen LogP contribution in [-0.2, 0) is 4.74 Å². The van der Waals surface area contributed by atoms with Crippen molar-refractivity contribution >= 4 is 23.5 Å². The van der Waals surface area contributed by atoms with Gasteiger partial charge in [0.25, 0.3) is 5.91 Å². The van der Waals surface area contributed by atoms with Gasteiger partial charge in [-0.15, -0.1) is 11.8 Å². The number of thioether (sulfide) groups is 1. The van der Waals surface area contributed by atoms with Gasteiger partial charge in [0.15, 0.2) is 11.6 Å². The lowest BCUT2D eigenvalue weighted by Gasteiger charge is -2.16. The number of halogens is 1. The van der Waals surface area contributed by atoms with Crippen LogP contribution in [0.5, 0.6) is 23.0 Å². The summed E-state index contributed by atoms with van der Waals surface area (Å²) in [6.45, 7) is 2.70. The molecule has 3 N–H and O–H groups in total. The molecule has 0 aromatic heterocycles. The highest BCUT2D eigenvalue weighted by molar-refractivity contribution is 7.99. The lowest BCUT2D eigenvalue weighted by molar-refractivity contribution is 0.0915. The van der Waals surface area contributed by atoms with Gasteiger partial charge in [0.2, 0.25) is 0 Å². The molecule has 0 saturated carbocycles. The van der Waals surface area contributed by atoms with Gasteiger partial charge < -0.3 is 30.0 Å². The van der Waals surface area contributed by atoms with Crippen LogP contribution in [0.3, 0.4) is 0 Å². The topological polar surface area (TPSA) is 104 Å². The third-order valence-corrected chi connectivity index (χ3v) is 5.67. The summed E-state index contributed by atoms with van der Waals surface area (Å²) in [6.07, 6.45) is 3.58. The monoisotopic (exact) mass is 489 g/mol. The normalized spacial score (nSPS) is 14.6. The predicted octanol–water partition coefficient (Wildman–Crippen LogP) is 4.14. The molecule has 1 unspecified atom stereocenters. The van der Waals surface area contributed by atoms with E-state index in [1.54, 1.807) is 26.4 Å². The Bertz CT molecular complexity index is 1080. The smallest absolute Gasteiger partial charge is 0.279 e. The number of methoxy groups -OCH3 is 1. The largest absolute Gasteiger partial charge is 0.492 e. The Morgan fingerprint density at radius 2 is 2.12 bits per heavy atom. The summed E-state index contributed by atoms with van der Waals surface area (Å²) in [4.78, 5) is 17.3. The molecule has 0 saturated heterocycles. The van der Waals surface area contributed by atoms with E-state index in [2.05, 4.69) is 10.3 Å². The molecule has 8 nitrogen and oxygen atoms in total. The molecule has 0 bridgehead atoms. The number of fused-ring (bicyclic) bond motifs is 1. The second kappa shape index (κ2) is 12.3. The number of rotatable bonds is 9. The molecule has 182 valence electrons. The Morgan fingerprint density at radius 1 is 1.32 bits per heavy atom. The van der Waals surface area contributed by atoms with Gasteiger partial charge in [-0.1, -0.05) is 0 Å². The number of nitrogens with one attached hydrogen (secondary N) is 1. The SMILES string of the molecule is CN/C=C\C(N)=NC(=O)c1cc(Oc2cc3c(cc2F)SCCCO3)cc(OC(C)COC)c1. The average Bonchev–Trinajstić information content (AvgIpc) is 3.02. The van der Waals surface area contributed by atoms with Crippen molar-refractivity contribution in [3.63, 3.8) is 0 Å². The lowest BCUT2D eigenvalue weighted by Crippen LogP contribution is -2.18. The van der Waals surface area contributed by atoms with Crippen LogP contribution in [0.4, 0.5) is 4.39 Å². The van der Waals surface area contributed by atoms with Crippen molar-refractivity contribution < 1.29 is 28.1 Å². The molecule has 1 amide bonds. The third-order valence-electron chi connectivity index (χ3n) is 4.55. The van der Waals surface area contributed by atoms with Crippen LogP contribution >= 0.6 is 11.8 Å². The van der Waals surface area contributed by atoms with Crippen molar-refractivity contribution in [3.05, 3.63) is 54.0 Å². The van der Waals surface area contributed by atoms with Crippen LogP contribution in [0.1, 0.15) is 23.7 Å². The number of nitrogens with two attached hydrogens (primary N) is 1. The molecule has 10 heteroatoms. The molecule has 0 spiro atoms. The second-order valence-corrected chi connectivity index (χ2v) is 8.56. The van der Waals surface area contributed by atoms with Crippen molar-refractivity contribution in [1.82, 2.24) is 5.32 Å². The number of hydrogen-bond acceptors (Lipinski definition) is 7. The summed E-state index contributed by atoms with van der Waals surface area (Å²) < 4.78 is 37.3. The van der Waals surface area contributed by atoms with E-state index in [-0.39, 0.29) is 29.0 Å². The summed E-state index contributed by atoms with van der Waals surface area (Å²) in [7, 11) is 3.26. The molecule has 0 radical (unpaired) electrons. The van der Waals surface area contributed by atoms with Gasteiger partial charge >= 0.3 is 0 Å². The minimum atomic E-state index is -0.602. The van der Waals surface area contributed by atoms with Gasteiger partial charge in [-0.3, -0.25) is 4.79 Å². The Morgan fingerprint density at radius 3 is 2.88 bits per heavy atom. The van der Waals surface area contributed by atoms with E-state index in [4.69, 9.17) is 24.7 Å². The van der Waals surface area contributed by atoms with Gasteiger partial charge in [0.1, 0.15) is 29.2 Å². The van der Waals surface area contributed by atoms with E-state index in [1.165, 1.54) is 42.1 Å². The molecular weight excluding hydrogens is 461 g/mol. The molecule has 2 aromatic carbocycles. The standard InChI is InChI=1S/C24H28FN3O5S/c1-15(14-30-3)32-17-9-16(24(29)28-23(26)5-6-27-2)10-18(11-17)33-20-13-21-22(12-19(20)25)34-8-4-7-31-21/h5-6,9-13,15,27H,4,7-8,14H2,1-3H3,(H2,26,28,29)/b6-5-. The molecule has 1 heterocycles. The number of nitrogens with zero attached hydrogens (tertiary/aromatic N) is 1. The number of amidine groups is 1. The first-order valence-corrected chi connectivity index (χ1v) is 11.7. The highest BCUT2D eigenvalue weighted by Gasteiger charge is 2.18. The Hall–Kier alpha value is -3.24. The summed E-state index contributed by atoms with van der Waals surface area (Å²) in [5, 5.41) is 2.77. The number of aliphatic imine (C=N–C) groups is 1. The predicted molar refractivity (Wildman–Crippen MR) is 130 cm³/mol. The maximum absolute atomic E-state index is 14.8. The fraction of sp³-hybridized carbons (Fsp3) is 0.333. The Labute approximate surface area is 202 Å². The van der Waals surface area contributed by atoms with Crippen LogP contribution in [0.2, 0.25) is 0 Å². The van der Waals surface area contributed by atoms with Crippen molar-refractivity contribution in [3.8, 4) is 23.0 Å². The second-order valence-electron chi connectivity index (χ2n) is 7.42. The van der Waals surface area contributed by atoms with E-state index >= 15 is 0 Å². The van der Waals surface area contributed by atoms with Crippen LogP contribution < -0.4 is 25.3 Å². The van der Waals surface area contributed by atoms with Gasteiger partial charge in [-0.25, -0.2) is 4.39 Å². The van der Waals surface area contributed by atoms with E-state index in [0.717, 1.165) is 17.1 Å². The molecule has 1 aliphatic heterocycles. The van der Waals surface area contributed by atoms with E-state index in [9.17, 15) is 9.18 Å². The van der Waals surface area contributed by atoms with E-state index in [1.807, 2.05) is 6.92 Å². The summed E-state index contributed by atoms with van der Waals surface area (Å²) >= 11 is 1.54. The number of carbonyl (C=O) groups excluding carboxylic acids is 1. The quantitative estimate of drug-likeness (QED) is 0.400. The lowest BCUT2D eigenvalue weighted by atomic mass is 10.2. The fourth-order valence-electron chi connectivity index (χ4n) is 3.08. The maximum atomic E-state index is 14.8. The first-order valence-electron chi connectivity index (χ1n) is 10.7. The minimum Gasteiger partial charge on any atom is -0.492 e. The van der Waals surface area contributed by atoms with Crippen molar-refractivity contribution in [2.24, 2.45) is 10.7 Å². The highest BCUT2D eigenvalue weighted by Crippen LogP contribution is 2.39. The molecule has 1 aliphatic rings. The van der Waals surface area contributed by atoms with Gasteiger partial charge in [-0.2, -0.15) is 4.99 Å². The fourth-order valence-corrected chi connectivity index (χ4v) is 4.01. The van der Waals surface area contributed by atoms with E-state index < -0.39 is 11.7 Å².